The van der Waals surface area contributed by atoms with Crippen LogP contribution in [0.5, 0.6) is 0 Å². The van der Waals surface area contributed by atoms with Gasteiger partial charge in [-0.1, -0.05) is 35.6 Å². The number of carbonyl (C=O) groups is 1. The largest absolute Gasteiger partial charge is 0.298 e. The van der Waals surface area contributed by atoms with E-state index >= 15 is 0 Å². The summed E-state index contributed by atoms with van der Waals surface area (Å²) in [7, 11) is 0. The zero-order valence-corrected chi connectivity index (χ0v) is 7.49. The Hall–Kier alpha value is -1.55. The molecule has 1 heterocycles. The molecule has 0 aliphatic heterocycles. The lowest BCUT2D eigenvalue weighted by Gasteiger charge is -1.94. The van der Waals surface area contributed by atoms with Crippen LogP contribution in [0.4, 0.5) is 0 Å². The molecule has 2 rings (SSSR count). The van der Waals surface area contributed by atoms with Crippen LogP contribution in [-0.4, -0.2) is 16.5 Å². The van der Waals surface area contributed by atoms with Gasteiger partial charge in [0.25, 0.3) is 0 Å². The molecule has 0 aliphatic rings. The molecule has 0 aliphatic carbocycles. The van der Waals surface area contributed by atoms with Crippen LogP contribution in [-0.2, 0) is 0 Å². The first-order valence-corrected chi connectivity index (χ1v) is 4.60. The van der Waals surface area contributed by atoms with Crippen molar-refractivity contribution in [3.8, 4) is 10.6 Å². The highest BCUT2D eigenvalue weighted by Crippen LogP contribution is 2.20. The Kier molecular flexibility index (Phi) is 2.14. The maximum Gasteiger partial charge on any atom is 0.150 e. The molecule has 0 saturated heterocycles. The van der Waals surface area contributed by atoms with Gasteiger partial charge in [0, 0.05) is 11.1 Å². The van der Waals surface area contributed by atoms with Crippen LogP contribution in [0.25, 0.3) is 10.6 Å². The van der Waals surface area contributed by atoms with Crippen LogP contribution in [0.3, 0.4) is 0 Å². The van der Waals surface area contributed by atoms with E-state index in [1.807, 2.05) is 12.1 Å². The summed E-state index contributed by atoms with van der Waals surface area (Å²) in [6, 6.07) is 7.27. The minimum absolute atomic E-state index is 0.674. The van der Waals surface area contributed by atoms with Gasteiger partial charge in [0.2, 0.25) is 0 Å². The molecule has 1 aromatic carbocycles. The Labute approximate surface area is 79.1 Å². The Bertz CT molecular complexity index is 394. The van der Waals surface area contributed by atoms with Gasteiger partial charge >= 0.3 is 0 Å². The van der Waals surface area contributed by atoms with E-state index in [1.54, 1.807) is 17.6 Å². The van der Waals surface area contributed by atoms with Crippen LogP contribution in [0, 0.1) is 0 Å². The van der Waals surface area contributed by atoms with Crippen molar-refractivity contribution in [2.45, 2.75) is 0 Å². The summed E-state index contributed by atoms with van der Waals surface area (Å²) in [6.45, 7) is 0. The maximum atomic E-state index is 10.4. The first kappa shape index (κ1) is 8.07. The predicted octanol–water partition coefficient (Wildman–Crippen LogP) is 2.02. The van der Waals surface area contributed by atoms with Crippen LogP contribution >= 0.6 is 11.3 Å². The molecular weight excluding hydrogens is 184 g/mol. The fraction of sp³-hybridized carbons (Fsp3) is 0. The highest BCUT2D eigenvalue weighted by molar-refractivity contribution is 7.12. The third-order valence-corrected chi connectivity index (χ3v) is 2.39. The van der Waals surface area contributed by atoms with Crippen LogP contribution in [0.2, 0.25) is 0 Å². The molecule has 0 radical (unpaired) electrons. The van der Waals surface area contributed by atoms with E-state index in [1.165, 1.54) is 11.3 Å². The van der Waals surface area contributed by atoms with E-state index in [0.29, 0.717) is 5.56 Å². The van der Waals surface area contributed by atoms with Crippen molar-refractivity contribution in [2.24, 2.45) is 0 Å². The lowest BCUT2D eigenvalue weighted by atomic mass is 10.2. The fourth-order valence-corrected chi connectivity index (χ4v) is 1.56. The third-order valence-electron chi connectivity index (χ3n) is 1.65. The Balaban J connectivity index is 2.38. The molecule has 0 fully saturated rings. The van der Waals surface area contributed by atoms with Crippen molar-refractivity contribution in [3.63, 3.8) is 0 Å². The molecule has 4 heteroatoms. The minimum atomic E-state index is 0.674. The maximum absolute atomic E-state index is 10.4. The molecule has 64 valence electrons. The third kappa shape index (κ3) is 1.62. The van der Waals surface area contributed by atoms with E-state index in [4.69, 9.17) is 0 Å². The van der Waals surface area contributed by atoms with Crippen molar-refractivity contribution in [1.29, 1.82) is 0 Å². The first-order valence-electron chi connectivity index (χ1n) is 3.72. The second-order valence-electron chi connectivity index (χ2n) is 2.48. The summed E-state index contributed by atoms with van der Waals surface area (Å²) in [5.74, 6) is 0. The van der Waals surface area contributed by atoms with Crippen molar-refractivity contribution in [3.05, 3.63) is 35.3 Å². The highest BCUT2D eigenvalue weighted by Gasteiger charge is 1.99. The van der Waals surface area contributed by atoms with Crippen LogP contribution < -0.4 is 0 Å². The van der Waals surface area contributed by atoms with Gasteiger partial charge in [-0.25, -0.2) is 0 Å². The highest BCUT2D eigenvalue weighted by atomic mass is 32.1. The Morgan fingerprint density at radius 1 is 1.23 bits per heavy atom. The zero-order chi connectivity index (χ0) is 9.10. The monoisotopic (exact) mass is 190 g/mol. The summed E-state index contributed by atoms with van der Waals surface area (Å²) in [6.07, 6.45) is 0.823. The molecule has 0 atom stereocenters. The molecule has 3 nitrogen and oxygen atoms in total. The lowest BCUT2D eigenvalue weighted by molar-refractivity contribution is 0.112. The van der Waals surface area contributed by atoms with E-state index in [-0.39, 0.29) is 0 Å². The predicted molar refractivity (Wildman–Crippen MR) is 50.7 cm³/mol. The van der Waals surface area contributed by atoms with E-state index in [9.17, 15) is 4.79 Å². The summed E-state index contributed by atoms with van der Waals surface area (Å²) in [5.41, 5.74) is 3.35. The summed E-state index contributed by atoms with van der Waals surface area (Å²) < 4.78 is 0. The molecule has 0 unspecified atom stereocenters. The van der Waals surface area contributed by atoms with Crippen molar-refractivity contribution < 1.29 is 4.79 Å². The molecule has 2 aromatic rings. The topological polar surface area (TPSA) is 42.9 Å². The summed E-state index contributed by atoms with van der Waals surface area (Å²) in [4.78, 5) is 10.4. The zero-order valence-electron chi connectivity index (χ0n) is 6.68. The number of hydrogen-bond donors (Lipinski definition) is 0. The van der Waals surface area contributed by atoms with Gasteiger partial charge in [0.1, 0.15) is 16.8 Å². The average Bonchev–Trinajstić information content (AvgIpc) is 2.71. The molecule has 0 bridgehead atoms. The first-order chi connectivity index (χ1) is 6.40. The lowest BCUT2D eigenvalue weighted by Crippen LogP contribution is -1.80. The van der Waals surface area contributed by atoms with Crippen molar-refractivity contribution in [1.82, 2.24) is 10.2 Å². The number of nitrogens with zero attached hydrogens (tertiary/aromatic N) is 2. The fourth-order valence-electron chi connectivity index (χ4n) is 1.00. The van der Waals surface area contributed by atoms with Crippen molar-refractivity contribution >= 4 is 17.6 Å². The molecule has 13 heavy (non-hydrogen) atoms. The number of rotatable bonds is 2. The van der Waals surface area contributed by atoms with Gasteiger partial charge in [0.05, 0.1) is 0 Å². The van der Waals surface area contributed by atoms with Gasteiger partial charge in [-0.15, -0.1) is 10.2 Å². The number of hydrogen-bond acceptors (Lipinski definition) is 4. The Morgan fingerprint density at radius 2 is 2.00 bits per heavy atom. The van der Waals surface area contributed by atoms with Gasteiger partial charge in [-0.3, -0.25) is 4.79 Å². The molecule has 0 amide bonds. The number of aldehydes is 1. The number of aromatic nitrogens is 2. The summed E-state index contributed by atoms with van der Waals surface area (Å²) >= 11 is 1.48. The molecule has 0 N–H and O–H groups in total. The number of carbonyl (C=O) groups excluding carboxylic acids is 1. The van der Waals surface area contributed by atoms with Gasteiger partial charge < -0.3 is 0 Å². The van der Waals surface area contributed by atoms with Gasteiger partial charge in [-0.05, 0) is 0 Å². The quantitative estimate of drug-likeness (QED) is 0.680. The second kappa shape index (κ2) is 3.45. The van der Waals surface area contributed by atoms with Crippen LogP contribution in [0.1, 0.15) is 10.4 Å². The van der Waals surface area contributed by atoms with Gasteiger partial charge in [0.15, 0.2) is 0 Å². The minimum Gasteiger partial charge on any atom is -0.298 e. The van der Waals surface area contributed by atoms with E-state index in [0.717, 1.165) is 16.9 Å². The Morgan fingerprint density at radius 3 is 2.54 bits per heavy atom. The van der Waals surface area contributed by atoms with Crippen molar-refractivity contribution in [2.75, 3.05) is 0 Å². The molecular formula is C9H6N2OS. The second-order valence-corrected chi connectivity index (χ2v) is 3.32. The molecule has 0 spiro atoms. The molecule has 0 saturated carbocycles. The SMILES string of the molecule is O=Cc1ccc(-c2nncs2)cc1. The standard InChI is InChI=1S/C9H6N2OS/c12-5-7-1-3-8(4-2-7)9-11-10-6-13-9/h1-6H. The van der Waals surface area contributed by atoms with E-state index < -0.39 is 0 Å². The smallest absolute Gasteiger partial charge is 0.150 e. The molecule has 1 aromatic heterocycles. The van der Waals surface area contributed by atoms with E-state index in [2.05, 4.69) is 10.2 Å². The number of benzene rings is 1. The van der Waals surface area contributed by atoms with Crippen LogP contribution in [0.15, 0.2) is 29.8 Å². The summed E-state index contributed by atoms with van der Waals surface area (Å²) in [5, 5.41) is 8.53. The normalized spacial score (nSPS) is 9.85. The average molecular weight is 190 g/mol. The van der Waals surface area contributed by atoms with Gasteiger partial charge in [-0.2, -0.15) is 0 Å².